The summed E-state index contributed by atoms with van der Waals surface area (Å²) >= 11 is 0. The van der Waals surface area contributed by atoms with E-state index in [2.05, 4.69) is 50.2 Å². The first-order valence-electron chi connectivity index (χ1n) is 8.33. The van der Waals surface area contributed by atoms with Gasteiger partial charge in [-0.3, -0.25) is 0 Å². The quantitative estimate of drug-likeness (QED) is 0.787. The second-order valence-corrected chi connectivity index (χ2v) is 6.11. The Morgan fingerprint density at radius 3 is 1.39 bits per heavy atom. The number of nitrogens with two attached hydrogens (primary N) is 2. The van der Waals surface area contributed by atoms with Crippen LogP contribution < -0.4 is 11.5 Å². The van der Waals surface area contributed by atoms with Crippen molar-refractivity contribution in [2.75, 3.05) is 0 Å². The zero-order chi connectivity index (χ0) is 16.7. The summed E-state index contributed by atoms with van der Waals surface area (Å²) in [7, 11) is 0. The van der Waals surface area contributed by atoms with E-state index in [0.717, 1.165) is 12.8 Å². The van der Waals surface area contributed by atoms with Gasteiger partial charge in [-0.25, -0.2) is 0 Å². The Bertz CT molecular complexity index is 559. The Hall–Kier alpha value is -1.68. The van der Waals surface area contributed by atoms with Crippen molar-refractivity contribution in [2.24, 2.45) is 11.5 Å². The van der Waals surface area contributed by atoms with Gasteiger partial charge in [0.05, 0.1) is 12.2 Å². The van der Waals surface area contributed by atoms with Gasteiger partial charge in [0.1, 0.15) is 0 Å². The lowest BCUT2D eigenvalue weighted by molar-refractivity contribution is 0.00926. The topological polar surface area (TPSA) is 61.3 Å². The maximum absolute atomic E-state index is 6.18. The molecule has 4 N–H and O–H groups in total. The molecule has 2 unspecified atom stereocenters. The lowest BCUT2D eigenvalue weighted by atomic mass is 10.0. The van der Waals surface area contributed by atoms with E-state index in [9.17, 15) is 0 Å². The van der Waals surface area contributed by atoms with E-state index < -0.39 is 0 Å². The molecule has 0 bridgehead atoms. The molecule has 124 valence electrons. The molecular weight excluding hydrogens is 284 g/mol. The van der Waals surface area contributed by atoms with Crippen LogP contribution >= 0.6 is 0 Å². The molecule has 3 nitrogen and oxygen atoms in total. The van der Waals surface area contributed by atoms with Crippen molar-refractivity contribution in [1.82, 2.24) is 0 Å². The molecule has 23 heavy (non-hydrogen) atoms. The number of benzene rings is 2. The van der Waals surface area contributed by atoms with Gasteiger partial charge in [-0.05, 0) is 48.9 Å². The smallest absolute Gasteiger partial charge is 0.0591 e. The first-order chi connectivity index (χ1) is 11.1. The molecule has 0 aliphatic carbocycles. The molecule has 0 saturated heterocycles. The fourth-order valence-electron chi connectivity index (χ4n) is 3.02. The molecule has 0 amide bonds. The minimum absolute atomic E-state index is 0.155. The average molecular weight is 312 g/mol. The summed E-state index contributed by atoms with van der Waals surface area (Å²) in [5.41, 5.74) is 16.6. The molecule has 2 aromatic carbocycles. The highest BCUT2D eigenvalue weighted by Crippen LogP contribution is 2.16. The minimum Gasteiger partial charge on any atom is -0.375 e. The zero-order valence-corrected chi connectivity index (χ0v) is 14.2. The molecule has 0 heterocycles. The van der Waals surface area contributed by atoms with Crippen LogP contribution in [0.15, 0.2) is 48.5 Å². The van der Waals surface area contributed by atoms with Crippen LogP contribution in [0.2, 0.25) is 0 Å². The van der Waals surface area contributed by atoms with Crippen LogP contribution in [0.1, 0.15) is 36.1 Å². The summed E-state index contributed by atoms with van der Waals surface area (Å²) in [5, 5.41) is 0. The summed E-state index contributed by atoms with van der Waals surface area (Å²) in [6.07, 6.45) is 2.08. The molecule has 3 heteroatoms. The normalized spacial score (nSPS) is 13.7. The van der Waals surface area contributed by atoms with Crippen molar-refractivity contribution in [3.05, 3.63) is 70.8 Å². The second-order valence-electron chi connectivity index (χ2n) is 6.11. The minimum atomic E-state index is 0.155. The van der Waals surface area contributed by atoms with E-state index in [1.165, 1.54) is 22.3 Å². The molecule has 0 aromatic heterocycles. The first-order valence-corrected chi connectivity index (χ1v) is 8.33. The summed E-state index contributed by atoms with van der Waals surface area (Å²) in [6.45, 7) is 5.39. The van der Waals surface area contributed by atoms with Crippen LogP contribution in [0.25, 0.3) is 0 Å². The van der Waals surface area contributed by atoms with Gasteiger partial charge in [-0.1, -0.05) is 48.5 Å². The van der Waals surface area contributed by atoms with Crippen LogP contribution in [-0.4, -0.2) is 12.2 Å². The van der Waals surface area contributed by atoms with E-state index in [4.69, 9.17) is 16.2 Å². The predicted octanol–water partition coefficient (Wildman–Crippen LogP) is 3.18. The summed E-state index contributed by atoms with van der Waals surface area (Å²) in [5.74, 6) is 0. The lowest BCUT2D eigenvalue weighted by Gasteiger charge is -2.21. The highest BCUT2D eigenvalue weighted by molar-refractivity contribution is 5.28. The molecule has 0 aliphatic heterocycles. The summed E-state index contributed by atoms with van der Waals surface area (Å²) < 4.78 is 6.18. The Labute approximate surface area is 139 Å². The fourth-order valence-corrected chi connectivity index (χ4v) is 3.02. The molecule has 2 rings (SSSR count). The summed E-state index contributed by atoms with van der Waals surface area (Å²) in [6, 6.07) is 16.6. The molecule has 2 atom stereocenters. The van der Waals surface area contributed by atoms with Crippen LogP contribution in [-0.2, 0) is 30.7 Å². The third-order valence-corrected chi connectivity index (χ3v) is 4.16. The Kier molecular flexibility index (Phi) is 6.78. The van der Waals surface area contributed by atoms with E-state index in [0.29, 0.717) is 13.1 Å². The molecule has 2 aromatic rings. The highest BCUT2D eigenvalue weighted by Gasteiger charge is 2.13. The van der Waals surface area contributed by atoms with E-state index in [-0.39, 0.29) is 12.2 Å². The maximum Gasteiger partial charge on any atom is 0.0591 e. The van der Waals surface area contributed by atoms with Crippen molar-refractivity contribution >= 4 is 0 Å². The number of ether oxygens (including phenoxy) is 1. The number of rotatable bonds is 8. The van der Waals surface area contributed by atoms with Gasteiger partial charge >= 0.3 is 0 Å². The third kappa shape index (κ3) is 5.17. The van der Waals surface area contributed by atoms with Gasteiger partial charge in [0, 0.05) is 13.1 Å². The fraction of sp³-hybridized carbons (Fsp3) is 0.400. The molecular formula is C20H28N2O. The van der Waals surface area contributed by atoms with E-state index in [1.807, 2.05) is 12.1 Å². The lowest BCUT2D eigenvalue weighted by Crippen LogP contribution is -2.22. The van der Waals surface area contributed by atoms with E-state index >= 15 is 0 Å². The number of hydrogen-bond donors (Lipinski definition) is 2. The highest BCUT2D eigenvalue weighted by atomic mass is 16.5. The maximum atomic E-state index is 6.18. The molecule has 0 spiro atoms. The molecule has 0 aliphatic rings. The van der Waals surface area contributed by atoms with Gasteiger partial charge in [-0.15, -0.1) is 0 Å². The monoisotopic (exact) mass is 312 g/mol. The molecule has 0 radical (unpaired) electrons. The van der Waals surface area contributed by atoms with Gasteiger partial charge < -0.3 is 16.2 Å². The van der Waals surface area contributed by atoms with Crippen molar-refractivity contribution in [3.8, 4) is 0 Å². The third-order valence-electron chi connectivity index (χ3n) is 4.16. The van der Waals surface area contributed by atoms with Crippen LogP contribution in [0.4, 0.5) is 0 Å². The Balaban J connectivity index is 1.93. The van der Waals surface area contributed by atoms with Crippen LogP contribution in [0, 0.1) is 0 Å². The van der Waals surface area contributed by atoms with Crippen molar-refractivity contribution in [3.63, 3.8) is 0 Å². The van der Waals surface area contributed by atoms with Crippen molar-refractivity contribution < 1.29 is 4.74 Å². The average Bonchev–Trinajstić information content (AvgIpc) is 2.55. The van der Waals surface area contributed by atoms with Crippen molar-refractivity contribution in [1.29, 1.82) is 0 Å². The van der Waals surface area contributed by atoms with Crippen LogP contribution in [0.3, 0.4) is 0 Å². The molecule has 0 saturated carbocycles. The first kappa shape index (κ1) is 17.7. The Morgan fingerprint density at radius 1 is 0.696 bits per heavy atom. The second kappa shape index (κ2) is 8.82. The standard InChI is InChI=1S/C20H28N2O/c1-15(11-17-7-3-5-9-19(17)13-21)23-16(2)12-18-8-4-6-10-20(18)14-22/h3-10,15-16H,11-14,21-22H2,1-2H3. The predicted molar refractivity (Wildman–Crippen MR) is 96.1 cm³/mol. The van der Waals surface area contributed by atoms with Gasteiger partial charge in [0.15, 0.2) is 0 Å². The van der Waals surface area contributed by atoms with Gasteiger partial charge in [0.2, 0.25) is 0 Å². The largest absolute Gasteiger partial charge is 0.375 e. The van der Waals surface area contributed by atoms with Gasteiger partial charge in [0.25, 0.3) is 0 Å². The zero-order valence-electron chi connectivity index (χ0n) is 14.2. The van der Waals surface area contributed by atoms with Gasteiger partial charge in [-0.2, -0.15) is 0 Å². The molecule has 0 fully saturated rings. The SMILES string of the molecule is CC(Cc1ccccc1CN)OC(C)Cc1ccccc1CN. The van der Waals surface area contributed by atoms with Crippen LogP contribution in [0.5, 0.6) is 0 Å². The van der Waals surface area contributed by atoms with E-state index in [1.54, 1.807) is 0 Å². The summed E-state index contributed by atoms with van der Waals surface area (Å²) in [4.78, 5) is 0. The van der Waals surface area contributed by atoms with Crippen molar-refractivity contribution in [2.45, 2.75) is 52.0 Å². The Morgan fingerprint density at radius 2 is 1.04 bits per heavy atom. The number of hydrogen-bond acceptors (Lipinski definition) is 3.